The van der Waals surface area contributed by atoms with Crippen molar-refractivity contribution in [3.63, 3.8) is 0 Å². The number of hydrogen-bond acceptors (Lipinski definition) is 8. The fourth-order valence-electron chi connectivity index (χ4n) is 3.96. The molecule has 0 heterocycles. The molecule has 0 saturated carbocycles. The maximum Gasteiger partial charge on any atom is 0.326 e. The third-order valence-corrected chi connectivity index (χ3v) is 6.25. The van der Waals surface area contributed by atoms with Gasteiger partial charge >= 0.3 is 5.97 Å². The second-order valence-corrected chi connectivity index (χ2v) is 9.70. The number of amides is 5. The van der Waals surface area contributed by atoms with Crippen LogP contribution in [-0.4, -0.2) is 69.9 Å². The second kappa shape index (κ2) is 16.3. The second-order valence-electron chi connectivity index (χ2n) is 9.70. The van der Waals surface area contributed by atoms with Crippen molar-refractivity contribution in [2.24, 2.45) is 17.2 Å². The Morgan fingerprint density at radius 3 is 1.57 bits per heavy atom. The van der Waals surface area contributed by atoms with Gasteiger partial charge in [-0.2, -0.15) is 0 Å². The lowest BCUT2D eigenvalue weighted by Crippen LogP contribution is -2.57. The zero-order valence-electron chi connectivity index (χ0n) is 22.8. The summed E-state index contributed by atoms with van der Waals surface area (Å²) in [5.74, 6) is -5.40. The Bertz CT molecular complexity index is 1250. The van der Waals surface area contributed by atoms with E-state index >= 15 is 0 Å². The van der Waals surface area contributed by atoms with E-state index in [1.54, 1.807) is 30.3 Å². The molecule has 4 atom stereocenters. The number of nitrogens with two attached hydrogens (primary N) is 3. The van der Waals surface area contributed by atoms with Crippen molar-refractivity contribution in [2.45, 2.75) is 62.7 Å². The van der Waals surface area contributed by atoms with E-state index in [2.05, 4.69) is 16.0 Å². The SMILES string of the molecule is NC(=O)CCC(NC(=O)C(N)Cc1ccccc1)C(=O)NC(CCC(N)=O)C(=O)NC(Cc1ccc(O)cc1)C(=O)O. The van der Waals surface area contributed by atoms with Gasteiger partial charge in [-0.15, -0.1) is 0 Å². The highest BCUT2D eigenvalue weighted by Crippen LogP contribution is 2.12. The van der Waals surface area contributed by atoms with Crippen LogP contribution in [0.3, 0.4) is 0 Å². The Morgan fingerprint density at radius 2 is 1.10 bits per heavy atom. The summed E-state index contributed by atoms with van der Waals surface area (Å²) in [6.07, 6.45) is -1.07. The smallest absolute Gasteiger partial charge is 0.326 e. The van der Waals surface area contributed by atoms with Gasteiger partial charge in [-0.05, 0) is 42.5 Å². The van der Waals surface area contributed by atoms with Crippen LogP contribution in [0.4, 0.5) is 0 Å². The molecule has 0 aliphatic heterocycles. The molecule has 0 spiro atoms. The summed E-state index contributed by atoms with van der Waals surface area (Å²) in [6.45, 7) is 0. The summed E-state index contributed by atoms with van der Waals surface area (Å²) >= 11 is 0. The Balaban J connectivity index is 2.17. The Kier molecular flexibility index (Phi) is 12.9. The molecule has 14 heteroatoms. The Labute approximate surface area is 242 Å². The number of primary amides is 2. The van der Waals surface area contributed by atoms with Gasteiger partial charge in [0, 0.05) is 19.3 Å². The number of rotatable bonds is 17. The Morgan fingerprint density at radius 1 is 0.643 bits per heavy atom. The fourth-order valence-corrected chi connectivity index (χ4v) is 3.96. The van der Waals surface area contributed by atoms with Crippen LogP contribution in [0.25, 0.3) is 0 Å². The summed E-state index contributed by atoms with van der Waals surface area (Å²) < 4.78 is 0. The minimum absolute atomic E-state index is 0.0251. The van der Waals surface area contributed by atoms with E-state index in [4.69, 9.17) is 17.2 Å². The Hall–Kier alpha value is -4.98. The summed E-state index contributed by atoms with van der Waals surface area (Å²) in [5, 5.41) is 26.3. The maximum atomic E-state index is 13.2. The van der Waals surface area contributed by atoms with Gasteiger partial charge in [-0.25, -0.2) is 4.79 Å². The van der Waals surface area contributed by atoms with Gasteiger partial charge in [-0.3, -0.25) is 24.0 Å². The van der Waals surface area contributed by atoms with Crippen LogP contribution in [0, 0.1) is 0 Å². The zero-order chi connectivity index (χ0) is 31.2. The number of aromatic hydroxyl groups is 1. The highest BCUT2D eigenvalue weighted by atomic mass is 16.4. The quantitative estimate of drug-likeness (QED) is 0.108. The number of carbonyl (C=O) groups excluding carboxylic acids is 5. The van der Waals surface area contributed by atoms with Crippen molar-refractivity contribution in [1.82, 2.24) is 16.0 Å². The molecular weight excluding hydrogens is 548 g/mol. The van der Waals surface area contributed by atoms with E-state index in [0.29, 0.717) is 5.56 Å². The molecule has 0 bridgehead atoms. The number of nitrogens with one attached hydrogen (secondary N) is 3. The van der Waals surface area contributed by atoms with Crippen molar-refractivity contribution in [2.75, 3.05) is 0 Å². The molecule has 11 N–H and O–H groups in total. The summed E-state index contributed by atoms with van der Waals surface area (Å²) in [4.78, 5) is 73.8. The summed E-state index contributed by atoms with van der Waals surface area (Å²) in [5.41, 5.74) is 17.7. The fraction of sp³-hybridized carbons (Fsp3) is 0.357. The first-order chi connectivity index (χ1) is 19.8. The minimum Gasteiger partial charge on any atom is -0.508 e. The van der Waals surface area contributed by atoms with E-state index < -0.39 is 59.7 Å². The predicted molar refractivity (Wildman–Crippen MR) is 150 cm³/mol. The molecule has 14 nitrogen and oxygen atoms in total. The minimum atomic E-state index is -1.42. The molecule has 226 valence electrons. The normalized spacial score (nSPS) is 13.5. The highest BCUT2D eigenvalue weighted by molar-refractivity contribution is 5.94. The van der Waals surface area contributed by atoms with E-state index in [0.717, 1.165) is 5.56 Å². The van der Waals surface area contributed by atoms with Gasteiger partial charge < -0.3 is 43.4 Å². The van der Waals surface area contributed by atoms with E-state index in [1.807, 2.05) is 0 Å². The predicted octanol–water partition coefficient (Wildman–Crippen LogP) is -1.43. The highest BCUT2D eigenvalue weighted by Gasteiger charge is 2.31. The van der Waals surface area contributed by atoms with E-state index in [-0.39, 0.29) is 44.3 Å². The molecule has 0 aromatic heterocycles. The zero-order valence-corrected chi connectivity index (χ0v) is 22.8. The van der Waals surface area contributed by atoms with Crippen LogP contribution >= 0.6 is 0 Å². The molecule has 0 aliphatic carbocycles. The number of benzene rings is 2. The standard InChI is InChI=1S/C28H36N6O8/c29-19(14-16-4-2-1-3-5-16)25(38)32-20(10-12-23(30)36)26(39)33-21(11-13-24(31)37)27(40)34-22(28(41)42)15-17-6-8-18(35)9-7-17/h1-9,19-22,35H,10-15,29H2,(H2,30,36)(H2,31,37)(H,32,38)(H,33,39)(H,34,40)(H,41,42). The molecule has 2 aromatic rings. The van der Waals surface area contributed by atoms with Crippen LogP contribution in [-0.2, 0) is 41.6 Å². The first-order valence-corrected chi connectivity index (χ1v) is 13.1. The molecule has 4 unspecified atom stereocenters. The first kappa shape index (κ1) is 33.2. The molecule has 2 rings (SSSR count). The molecular formula is C28H36N6O8. The van der Waals surface area contributed by atoms with Crippen molar-refractivity contribution >= 4 is 35.5 Å². The summed E-state index contributed by atoms with van der Waals surface area (Å²) in [7, 11) is 0. The van der Waals surface area contributed by atoms with E-state index in [9.17, 15) is 39.0 Å². The van der Waals surface area contributed by atoms with Crippen molar-refractivity contribution in [3.8, 4) is 5.75 Å². The van der Waals surface area contributed by atoms with Crippen LogP contribution in [0.2, 0.25) is 0 Å². The van der Waals surface area contributed by atoms with Crippen molar-refractivity contribution in [3.05, 3.63) is 65.7 Å². The molecule has 0 aliphatic rings. The lowest BCUT2D eigenvalue weighted by molar-refractivity contribution is -0.142. The lowest BCUT2D eigenvalue weighted by atomic mass is 10.0. The number of aliphatic carboxylic acids is 1. The lowest BCUT2D eigenvalue weighted by Gasteiger charge is -2.25. The van der Waals surface area contributed by atoms with Crippen molar-refractivity contribution in [1.29, 1.82) is 0 Å². The topological polar surface area (TPSA) is 257 Å². The number of carboxylic acid groups (broad SMARTS) is 1. The number of phenolic OH excluding ortho intramolecular Hbond substituents is 1. The van der Waals surface area contributed by atoms with Gasteiger partial charge in [0.15, 0.2) is 0 Å². The molecule has 5 amide bonds. The van der Waals surface area contributed by atoms with Gasteiger partial charge in [0.25, 0.3) is 0 Å². The number of carboxylic acids is 1. The van der Waals surface area contributed by atoms with Gasteiger partial charge in [0.2, 0.25) is 29.5 Å². The third-order valence-electron chi connectivity index (χ3n) is 6.25. The van der Waals surface area contributed by atoms with Gasteiger partial charge in [0.05, 0.1) is 6.04 Å². The van der Waals surface area contributed by atoms with Crippen LogP contribution in [0.1, 0.15) is 36.8 Å². The molecule has 0 fully saturated rings. The van der Waals surface area contributed by atoms with Gasteiger partial charge in [0.1, 0.15) is 23.9 Å². The van der Waals surface area contributed by atoms with E-state index in [1.165, 1.54) is 24.3 Å². The van der Waals surface area contributed by atoms with Crippen LogP contribution in [0.15, 0.2) is 54.6 Å². The summed E-state index contributed by atoms with van der Waals surface area (Å²) in [6, 6.07) is 9.39. The van der Waals surface area contributed by atoms with Crippen molar-refractivity contribution < 1.29 is 39.0 Å². The first-order valence-electron chi connectivity index (χ1n) is 13.1. The number of hydrogen-bond donors (Lipinski definition) is 8. The molecule has 2 aromatic carbocycles. The third kappa shape index (κ3) is 11.6. The maximum absolute atomic E-state index is 13.2. The van der Waals surface area contributed by atoms with Gasteiger partial charge in [-0.1, -0.05) is 42.5 Å². The average molecular weight is 585 g/mol. The molecule has 0 radical (unpaired) electrons. The number of phenols is 1. The largest absolute Gasteiger partial charge is 0.508 e. The number of carbonyl (C=O) groups is 6. The van der Waals surface area contributed by atoms with Crippen LogP contribution < -0.4 is 33.2 Å². The average Bonchev–Trinajstić information content (AvgIpc) is 2.93. The van der Waals surface area contributed by atoms with Crippen LogP contribution in [0.5, 0.6) is 5.75 Å². The molecule has 0 saturated heterocycles. The monoisotopic (exact) mass is 584 g/mol. The molecule has 42 heavy (non-hydrogen) atoms.